The third-order valence-corrected chi connectivity index (χ3v) is 10.6. The number of nitrogens with zero attached hydrogens (tertiary/aromatic N) is 2. The molecule has 1 unspecified atom stereocenters. The van der Waals surface area contributed by atoms with E-state index in [1.807, 2.05) is 65.3 Å². The molecule has 286 valence electrons. The lowest BCUT2D eigenvalue weighted by Gasteiger charge is -2.45. The van der Waals surface area contributed by atoms with Gasteiger partial charge in [-0.2, -0.15) is 4.39 Å². The standard InChI is InChI=1S/C41H45F3N4O6/c1-25-4-2-6-30(18-25)52-17-15-48(29-11-12-29)41(51)37-32(19-28-22-47(23-36(37)46-28)40(50)35-20-31(21-45-35)54-24-49)27-9-7-26(8-10-27)5-3-16-53-39-34(43)14-13-33(42)38(39)44/h2,4,6-10,13-14,18,24,28-29,31,35-36,45-46H,3,5,11-12,15-17,19-23H2,1H3/t28-,31+,35?,36+/m0/s1. The summed E-state index contributed by atoms with van der Waals surface area (Å²) in [5, 5.41) is 6.84. The SMILES string of the molecule is Cc1cccc(OCCN(C(=O)C2=C(c3ccc(CCCOc4c(F)ccc(F)c4F)cc3)C[C@H]3CN(C(=O)C4C[C@@H](OC=O)CN4)C[C@H]2N3)C2CC2)c1. The van der Waals surface area contributed by atoms with Crippen molar-refractivity contribution in [1.29, 1.82) is 0 Å². The number of nitrogens with one attached hydrogen (secondary N) is 2. The van der Waals surface area contributed by atoms with E-state index in [1.165, 1.54) is 0 Å². The van der Waals surface area contributed by atoms with E-state index in [0.717, 1.165) is 53.0 Å². The van der Waals surface area contributed by atoms with Crippen molar-refractivity contribution in [2.24, 2.45) is 0 Å². The highest BCUT2D eigenvalue weighted by Crippen LogP contribution is 2.37. The van der Waals surface area contributed by atoms with Crippen molar-refractivity contribution in [2.45, 2.75) is 75.7 Å². The Bertz CT molecular complexity index is 1890. The van der Waals surface area contributed by atoms with Gasteiger partial charge in [0.15, 0.2) is 17.4 Å². The lowest BCUT2D eigenvalue weighted by molar-refractivity contribution is -0.137. The molecule has 1 aliphatic carbocycles. The predicted octanol–water partition coefficient (Wildman–Crippen LogP) is 4.72. The minimum absolute atomic E-state index is 0.00115. The largest absolute Gasteiger partial charge is 0.492 e. The van der Waals surface area contributed by atoms with Crippen LogP contribution in [0, 0.1) is 24.4 Å². The van der Waals surface area contributed by atoms with Crippen LogP contribution in [0.1, 0.15) is 48.8 Å². The fourth-order valence-corrected chi connectivity index (χ4v) is 7.76. The van der Waals surface area contributed by atoms with E-state index in [4.69, 9.17) is 14.2 Å². The van der Waals surface area contributed by atoms with Gasteiger partial charge in [0.2, 0.25) is 11.7 Å². The third kappa shape index (κ3) is 8.57. The fraction of sp³-hybridized carbons (Fsp3) is 0.439. The Labute approximate surface area is 312 Å². The molecule has 3 aromatic rings. The van der Waals surface area contributed by atoms with Crippen LogP contribution >= 0.6 is 0 Å². The molecule has 2 bridgehead atoms. The van der Waals surface area contributed by atoms with Crippen LogP contribution in [0.5, 0.6) is 11.5 Å². The van der Waals surface area contributed by atoms with Crippen molar-refractivity contribution in [3.05, 3.63) is 100 Å². The number of halogens is 3. The zero-order valence-electron chi connectivity index (χ0n) is 30.2. The van der Waals surface area contributed by atoms with Gasteiger partial charge in [0.1, 0.15) is 18.5 Å². The van der Waals surface area contributed by atoms with Gasteiger partial charge in [0.05, 0.1) is 25.2 Å². The molecule has 4 aliphatic rings. The maximum atomic E-state index is 14.8. The normalized spacial score (nSPS) is 22.2. The van der Waals surface area contributed by atoms with Gasteiger partial charge in [-0.25, -0.2) is 8.78 Å². The highest BCUT2D eigenvalue weighted by molar-refractivity contribution is 6.03. The summed E-state index contributed by atoms with van der Waals surface area (Å²) in [6.07, 6.45) is 3.41. The molecule has 3 aromatic carbocycles. The molecule has 54 heavy (non-hydrogen) atoms. The van der Waals surface area contributed by atoms with Crippen LogP contribution in [-0.4, -0.2) is 97.8 Å². The van der Waals surface area contributed by atoms with Crippen LogP contribution in [0.3, 0.4) is 0 Å². The highest BCUT2D eigenvalue weighted by atomic mass is 19.2. The molecule has 0 aromatic heterocycles. The first kappa shape index (κ1) is 37.4. The second kappa shape index (κ2) is 16.6. The number of piperazine rings is 1. The number of aryl methyl sites for hydroxylation is 2. The van der Waals surface area contributed by atoms with Crippen LogP contribution in [0.25, 0.3) is 5.57 Å². The Balaban J connectivity index is 1.09. The van der Waals surface area contributed by atoms with E-state index >= 15 is 0 Å². The molecule has 7 rings (SSSR count). The maximum Gasteiger partial charge on any atom is 0.293 e. The number of amides is 2. The zero-order chi connectivity index (χ0) is 37.8. The smallest absolute Gasteiger partial charge is 0.293 e. The van der Waals surface area contributed by atoms with E-state index in [0.29, 0.717) is 70.5 Å². The van der Waals surface area contributed by atoms with Gasteiger partial charge < -0.3 is 34.6 Å². The summed E-state index contributed by atoms with van der Waals surface area (Å²) in [7, 11) is 0. The Morgan fingerprint density at radius 3 is 2.54 bits per heavy atom. The van der Waals surface area contributed by atoms with E-state index < -0.39 is 35.3 Å². The fourth-order valence-electron chi connectivity index (χ4n) is 7.76. The Morgan fingerprint density at radius 1 is 0.981 bits per heavy atom. The van der Waals surface area contributed by atoms with Crippen LogP contribution in [0.15, 0.2) is 66.2 Å². The first-order valence-electron chi connectivity index (χ1n) is 18.6. The Hall–Kier alpha value is -4.88. The molecule has 3 aliphatic heterocycles. The number of benzene rings is 3. The van der Waals surface area contributed by atoms with E-state index in [2.05, 4.69) is 10.6 Å². The van der Waals surface area contributed by atoms with Crippen LogP contribution in [-0.2, 0) is 25.5 Å². The third-order valence-electron chi connectivity index (χ3n) is 10.6. The maximum absolute atomic E-state index is 14.8. The van der Waals surface area contributed by atoms with Crippen molar-refractivity contribution in [1.82, 2.24) is 20.4 Å². The van der Waals surface area contributed by atoms with Gasteiger partial charge >= 0.3 is 0 Å². The molecule has 13 heteroatoms. The average molecular weight is 747 g/mol. The van der Waals surface area contributed by atoms with Gasteiger partial charge in [-0.1, -0.05) is 36.4 Å². The minimum atomic E-state index is -1.34. The van der Waals surface area contributed by atoms with E-state index in [-0.39, 0.29) is 36.6 Å². The number of fused-ring (bicyclic) bond motifs is 2. The quantitative estimate of drug-likeness (QED) is 0.131. The van der Waals surface area contributed by atoms with Crippen LogP contribution in [0.2, 0.25) is 0 Å². The second-order valence-corrected chi connectivity index (χ2v) is 14.5. The van der Waals surface area contributed by atoms with Crippen molar-refractivity contribution >= 4 is 23.9 Å². The van der Waals surface area contributed by atoms with Crippen molar-refractivity contribution in [3.63, 3.8) is 0 Å². The highest BCUT2D eigenvalue weighted by Gasteiger charge is 2.44. The Morgan fingerprint density at radius 2 is 1.78 bits per heavy atom. The monoisotopic (exact) mass is 746 g/mol. The van der Waals surface area contributed by atoms with Crippen molar-refractivity contribution < 1.29 is 41.8 Å². The number of rotatable bonds is 15. The molecule has 3 fully saturated rings. The molecule has 4 atom stereocenters. The average Bonchev–Trinajstić information content (AvgIpc) is 3.90. The zero-order valence-corrected chi connectivity index (χ0v) is 30.2. The van der Waals surface area contributed by atoms with Crippen molar-refractivity contribution in [3.8, 4) is 11.5 Å². The van der Waals surface area contributed by atoms with Crippen LogP contribution in [0.4, 0.5) is 13.2 Å². The molecule has 0 spiro atoms. The lowest BCUT2D eigenvalue weighted by atomic mass is 9.82. The minimum Gasteiger partial charge on any atom is -0.492 e. The summed E-state index contributed by atoms with van der Waals surface area (Å²) in [6.45, 7) is 4.38. The lowest BCUT2D eigenvalue weighted by Crippen LogP contribution is -2.63. The predicted molar refractivity (Wildman–Crippen MR) is 194 cm³/mol. The number of carbonyl (C=O) groups is 3. The first-order valence-corrected chi connectivity index (χ1v) is 18.6. The van der Waals surface area contributed by atoms with Gasteiger partial charge in [-0.3, -0.25) is 14.4 Å². The number of hydrogen-bond donors (Lipinski definition) is 2. The molecule has 2 N–H and O–H groups in total. The summed E-state index contributed by atoms with van der Waals surface area (Å²) in [5.41, 5.74) is 4.56. The second-order valence-electron chi connectivity index (χ2n) is 14.5. The summed E-state index contributed by atoms with van der Waals surface area (Å²) < 4.78 is 58.0. The van der Waals surface area contributed by atoms with Crippen molar-refractivity contribution in [2.75, 3.05) is 39.4 Å². The topological polar surface area (TPSA) is 109 Å². The summed E-state index contributed by atoms with van der Waals surface area (Å²) in [4.78, 5) is 43.1. The summed E-state index contributed by atoms with van der Waals surface area (Å²) in [5.74, 6) is -3.57. The molecule has 3 heterocycles. The van der Waals surface area contributed by atoms with E-state index in [9.17, 15) is 27.6 Å². The molecule has 2 saturated heterocycles. The summed E-state index contributed by atoms with van der Waals surface area (Å²) >= 11 is 0. The van der Waals surface area contributed by atoms with E-state index in [1.54, 1.807) is 0 Å². The number of hydrogen-bond acceptors (Lipinski definition) is 8. The molecule has 10 nitrogen and oxygen atoms in total. The molecule has 0 radical (unpaired) electrons. The first-order chi connectivity index (χ1) is 26.2. The Kier molecular flexibility index (Phi) is 11.5. The van der Waals surface area contributed by atoms with Crippen LogP contribution < -0.4 is 20.1 Å². The molecular weight excluding hydrogens is 701 g/mol. The van der Waals surface area contributed by atoms with Gasteiger partial charge in [-0.05, 0) is 85.6 Å². The van der Waals surface area contributed by atoms with Gasteiger partial charge in [-0.15, -0.1) is 0 Å². The molecule has 1 saturated carbocycles. The number of ether oxygens (including phenoxy) is 3. The molecular formula is C41H45F3N4O6. The van der Waals surface area contributed by atoms with Gasteiger partial charge in [0.25, 0.3) is 12.4 Å². The van der Waals surface area contributed by atoms with Gasteiger partial charge in [0, 0.05) is 43.7 Å². The summed E-state index contributed by atoms with van der Waals surface area (Å²) in [6, 6.07) is 16.5. The number of carbonyl (C=O) groups excluding carboxylic acids is 3. The molecule has 2 amide bonds.